The molecule has 19 heavy (non-hydrogen) atoms. The second kappa shape index (κ2) is 4.77. The molecule has 1 heterocycles. The van der Waals surface area contributed by atoms with Crippen molar-refractivity contribution in [3.8, 4) is 11.8 Å². The Hall–Kier alpha value is -2.28. The van der Waals surface area contributed by atoms with Crippen molar-refractivity contribution in [2.24, 2.45) is 0 Å². The van der Waals surface area contributed by atoms with Gasteiger partial charge in [-0.1, -0.05) is 12.0 Å². The van der Waals surface area contributed by atoms with Gasteiger partial charge in [0.1, 0.15) is 5.92 Å². The first kappa shape index (κ1) is 13.2. The van der Waals surface area contributed by atoms with Crippen LogP contribution in [-0.2, 0) is 9.59 Å². The van der Waals surface area contributed by atoms with E-state index >= 15 is 0 Å². The van der Waals surface area contributed by atoms with Crippen molar-refractivity contribution in [1.29, 1.82) is 0 Å². The first-order chi connectivity index (χ1) is 8.97. The van der Waals surface area contributed by atoms with E-state index in [1.165, 1.54) is 10.0 Å². The van der Waals surface area contributed by atoms with Crippen molar-refractivity contribution in [3.05, 3.63) is 34.9 Å². The summed E-state index contributed by atoms with van der Waals surface area (Å²) in [6.07, 6.45) is 0. The van der Waals surface area contributed by atoms with Gasteiger partial charge in [0.15, 0.2) is 0 Å². The van der Waals surface area contributed by atoms with E-state index in [2.05, 4.69) is 11.8 Å². The van der Waals surface area contributed by atoms with Crippen LogP contribution in [0.3, 0.4) is 0 Å². The van der Waals surface area contributed by atoms with E-state index in [4.69, 9.17) is 0 Å². The zero-order valence-electron chi connectivity index (χ0n) is 11.5. The molecule has 2 rings (SSSR count). The van der Waals surface area contributed by atoms with Crippen molar-refractivity contribution in [1.82, 2.24) is 10.0 Å². The van der Waals surface area contributed by atoms with E-state index in [9.17, 15) is 9.59 Å². The number of likely N-dealkylation sites (N-methyl/N-ethyl adjacent to an activating group) is 2. The lowest BCUT2D eigenvalue weighted by Crippen LogP contribution is -2.33. The van der Waals surface area contributed by atoms with Crippen LogP contribution in [0.1, 0.15) is 29.5 Å². The average Bonchev–Trinajstić information content (AvgIpc) is 2.56. The fourth-order valence-corrected chi connectivity index (χ4v) is 2.26. The molecule has 4 nitrogen and oxygen atoms in total. The number of rotatable bonds is 1. The fraction of sp³-hybridized carbons (Fsp3) is 0.333. The van der Waals surface area contributed by atoms with Crippen LogP contribution in [0.2, 0.25) is 0 Å². The summed E-state index contributed by atoms with van der Waals surface area (Å²) < 4.78 is 0. The van der Waals surface area contributed by atoms with E-state index in [-0.39, 0.29) is 11.8 Å². The van der Waals surface area contributed by atoms with Crippen LogP contribution < -0.4 is 0 Å². The Kier molecular flexibility index (Phi) is 3.30. The molecule has 0 spiro atoms. The molecule has 1 aliphatic heterocycles. The number of benzene rings is 1. The SMILES string of the molecule is CC#Cc1ccc(C2C(=O)N(C)N(C)C2=O)c(C)c1. The molecule has 2 amide bonds. The number of hydrazine groups is 1. The summed E-state index contributed by atoms with van der Waals surface area (Å²) in [6.45, 7) is 3.67. The molecule has 0 aromatic heterocycles. The Bertz CT molecular complexity index is 590. The fourth-order valence-electron chi connectivity index (χ4n) is 2.26. The van der Waals surface area contributed by atoms with E-state index in [0.29, 0.717) is 0 Å². The Labute approximate surface area is 113 Å². The molecule has 0 saturated carbocycles. The van der Waals surface area contributed by atoms with Crippen LogP contribution in [-0.4, -0.2) is 35.9 Å². The molecule has 0 radical (unpaired) electrons. The minimum absolute atomic E-state index is 0.190. The Morgan fingerprint density at radius 1 is 1.11 bits per heavy atom. The molecule has 1 aromatic rings. The highest BCUT2D eigenvalue weighted by Gasteiger charge is 2.43. The number of hydrogen-bond acceptors (Lipinski definition) is 2. The van der Waals surface area contributed by atoms with Gasteiger partial charge in [-0.3, -0.25) is 19.6 Å². The lowest BCUT2D eigenvalue weighted by molar-refractivity contribution is -0.141. The van der Waals surface area contributed by atoms with Crippen molar-refractivity contribution in [3.63, 3.8) is 0 Å². The molecule has 0 aliphatic carbocycles. The maximum Gasteiger partial charge on any atom is 0.258 e. The normalized spacial score (nSPS) is 15.8. The van der Waals surface area contributed by atoms with Gasteiger partial charge >= 0.3 is 0 Å². The van der Waals surface area contributed by atoms with Crippen molar-refractivity contribution in [2.45, 2.75) is 19.8 Å². The van der Waals surface area contributed by atoms with Gasteiger partial charge < -0.3 is 0 Å². The van der Waals surface area contributed by atoms with Gasteiger partial charge in [0, 0.05) is 19.7 Å². The highest BCUT2D eigenvalue weighted by molar-refractivity contribution is 6.10. The summed E-state index contributed by atoms with van der Waals surface area (Å²) in [5, 5.41) is 2.71. The number of amides is 2. The lowest BCUT2D eigenvalue weighted by atomic mass is 9.93. The van der Waals surface area contributed by atoms with Gasteiger partial charge in [-0.2, -0.15) is 0 Å². The number of aryl methyl sites for hydroxylation is 1. The number of hydrogen-bond donors (Lipinski definition) is 0. The average molecular weight is 256 g/mol. The Morgan fingerprint density at radius 3 is 2.16 bits per heavy atom. The molecule has 4 heteroatoms. The predicted octanol–water partition coefficient (Wildman–Crippen LogP) is 1.30. The zero-order chi connectivity index (χ0) is 14.2. The van der Waals surface area contributed by atoms with Crippen LogP contribution in [0, 0.1) is 18.8 Å². The van der Waals surface area contributed by atoms with Gasteiger partial charge in [-0.15, -0.1) is 5.92 Å². The van der Waals surface area contributed by atoms with Crippen molar-refractivity contribution >= 4 is 11.8 Å². The minimum atomic E-state index is -0.723. The summed E-state index contributed by atoms with van der Waals surface area (Å²) in [6, 6.07) is 5.57. The molecule has 0 N–H and O–H groups in total. The van der Waals surface area contributed by atoms with E-state index in [1.807, 2.05) is 25.1 Å². The molecular formula is C15H16N2O2. The molecule has 1 aromatic carbocycles. The van der Waals surface area contributed by atoms with Gasteiger partial charge in [0.05, 0.1) is 0 Å². The second-order valence-corrected chi connectivity index (χ2v) is 4.60. The monoisotopic (exact) mass is 256 g/mol. The highest BCUT2D eigenvalue weighted by atomic mass is 16.2. The summed E-state index contributed by atoms with van der Waals surface area (Å²) >= 11 is 0. The predicted molar refractivity (Wildman–Crippen MR) is 72.0 cm³/mol. The minimum Gasteiger partial charge on any atom is -0.272 e. The van der Waals surface area contributed by atoms with E-state index in [1.54, 1.807) is 21.0 Å². The zero-order valence-corrected chi connectivity index (χ0v) is 11.5. The summed E-state index contributed by atoms with van der Waals surface area (Å²) in [7, 11) is 3.21. The van der Waals surface area contributed by atoms with Crippen LogP contribution in [0.4, 0.5) is 0 Å². The summed E-state index contributed by atoms with van der Waals surface area (Å²) in [5.74, 6) is 4.69. The molecule has 0 atom stereocenters. The first-order valence-electron chi connectivity index (χ1n) is 6.05. The van der Waals surface area contributed by atoms with Crippen LogP contribution in [0.5, 0.6) is 0 Å². The third kappa shape index (κ3) is 2.08. The number of nitrogens with zero attached hydrogens (tertiary/aromatic N) is 2. The second-order valence-electron chi connectivity index (χ2n) is 4.60. The van der Waals surface area contributed by atoms with Crippen molar-refractivity contribution in [2.75, 3.05) is 14.1 Å². The van der Waals surface area contributed by atoms with Crippen LogP contribution in [0.25, 0.3) is 0 Å². The van der Waals surface area contributed by atoms with E-state index in [0.717, 1.165) is 16.7 Å². The molecule has 0 bridgehead atoms. The maximum absolute atomic E-state index is 12.1. The van der Waals surface area contributed by atoms with Gasteiger partial charge in [0.2, 0.25) is 0 Å². The highest BCUT2D eigenvalue weighted by Crippen LogP contribution is 2.29. The molecular weight excluding hydrogens is 240 g/mol. The van der Waals surface area contributed by atoms with Crippen LogP contribution in [0.15, 0.2) is 18.2 Å². The summed E-state index contributed by atoms with van der Waals surface area (Å²) in [4.78, 5) is 24.2. The standard InChI is InChI=1S/C15H16N2O2/c1-5-6-11-7-8-12(10(2)9-11)13-14(18)16(3)17(4)15(13)19/h7-9,13H,1-4H3. The number of carbonyl (C=O) groups excluding carboxylic acids is 2. The van der Waals surface area contributed by atoms with Gasteiger partial charge in [0.25, 0.3) is 11.8 Å². The van der Waals surface area contributed by atoms with Gasteiger partial charge in [-0.05, 0) is 37.1 Å². The smallest absolute Gasteiger partial charge is 0.258 e. The third-order valence-corrected chi connectivity index (χ3v) is 3.43. The van der Waals surface area contributed by atoms with Crippen LogP contribution >= 0.6 is 0 Å². The number of carbonyl (C=O) groups is 2. The molecule has 1 aliphatic rings. The van der Waals surface area contributed by atoms with Gasteiger partial charge in [-0.25, -0.2) is 0 Å². The first-order valence-corrected chi connectivity index (χ1v) is 6.05. The Balaban J connectivity index is 2.45. The summed E-state index contributed by atoms with van der Waals surface area (Å²) in [5.41, 5.74) is 2.56. The van der Waals surface area contributed by atoms with E-state index < -0.39 is 5.92 Å². The maximum atomic E-state index is 12.1. The molecule has 98 valence electrons. The Morgan fingerprint density at radius 2 is 1.68 bits per heavy atom. The largest absolute Gasteiger partial charge is 0.272 e. The third-order valence-electron chi connectivity index (χ3n) is 3.43. The topological polar surface area (TPSA) is 40.6 Å². The molecule has 1 saturated heterocycles. The van der Waals surface area contributed by atoms with Crippen molar-refractivity contribution < 1.29 is 9.59 Å². The lowest BCUT2D eigenvalue weighted by Gasteiger charge is -2.17. The quantitative estimate of drug-likeness (QED) is 0.561. The molecule has 0 unspecified atom stereocenters. The molecule has 1 fully saturated rings.